The van der Waals surface area contributed by atoms with E-state index >= 15 is 0 Å². The summed E-state index contributed by atoms with van der Waals surface area (Å²) < 4.78 is 13.1. The van der Waals surface area contributed by atoms with E-state index in [4.69, 9.17) is 26.8 Å². The van der Waals surface area contributed by atoms with Gasteiger partial charge >= 0.3 is 0 Å². The summed E-state index contributed by atoms with van der Waals surface area (Å²) in [6, 6.07) is 8.91. The fourth-order valence-corrected chi connectivity index (χ4v) is 5.43. The molecule has 0 radical (unpaired) electrons. The van der Waals surface area contributed by atoms with E-state index in [0.717, 1.165) is 6.42 Å². The number of ether oxygens (including phenoxy) is 2. The third-order valence-electron chi connectivity index (χ3n) is 6.11. The van der Waals surface area contributed by atoms with E-state index in [-0.39, 0.29) is 17.0 Å². The molecule has 0 saturated heterocycles. The van der Waals surface area contributed by atoms with Crippen LogP contribution in [0.25, 0.3) is 22.0 Å². The molecule has 9 nitrogen and oxygen atoms in total. The quantitative estimate of drug-likeness (QED) is 0.218. The van der Waals surface area contributed by atoms with Gasteiger partial charge < -0.3 is 25.1 Å². The van der Waals surface area contributed by atoms with Crippen LogP contribution in [0.5, 0.6) is 0 Å². The van der Waals surface area contributed by atoms with Crippen molar-refractivity contribution in [1.29, 1.82) is 0 Å². The van der Waals surface area contributed by atoms with Crippen molar-refractivity contribution in [1.82, 2.24) is 15.2 Å². The van der Waals surface area contributed by atoms with Gasteiger partial charge in [0.25, 0.3) is 17.7 Å². The second-order valence-electron chi connectivity index (χ2n) is 8.53. The van der Waals surface area contributed by atoms with E-state index in [1.165, 1.54) is 0 Å². The molecule has 2 aromatic carbocycles. The number of rotatable bonds is 12. The highest BCUT2D eigenvalue weighted by Crippen LogP contribution is 2.42. The fraction of sp³-hybridized carbons (Fsp3) is 0.346. The number of aromatic nitrogens is 1. The second-order valence-corrected chi connectivity index (χ2v) is 9.73. The van der Waals surface area contributed by atoms with Crippen LogP contribution in [0.3, 0.4) is 0 Å². The second kappa shape index (κ2) is 12.2. The van der Waals surface area contributed by atoms with Gasteiger partial charge in [-0.1, -0.05) is 29.8 Å². The highest BCUT2D eigenvalue weighted by Gasteiger charge is 2.36. The Kier molecular flexibility index (Phi) is 8.99. The molecule has 4 N–H and O–H groups in total. The number of aryl methyl sites for hydroxylation is 1. The first-order valence-electron chi connectivity index (χ1n) is 12.0. The molecule has 196 valence electrons. The lowest BCUT2D eigenvalue weighted by Crippen LogP contribution is -2.27. The Morgan fingerprint density at radius 3 is 2.43 bits per heavy atom. The topological polar surface area (TPSA) is 125 Å². The molecule has 0 spiro atoms. The van der Waals surface area contributed by atoms with Gasteiger partial charge in [-0.2, -0.15) is 0 Å². The van der Waals surface area contributed by atoms with Crippen molar-refractivity contribution in [2.75, 3.05) is 39.5 Å². The number of nitrogens with one attached hydrogen (secondary N) is 2. The maximum absolute atomic E-state index is 13.1. The van der Waals surface area contributed by atoms with Crippen LogP contribution in [0.4, 0.5) is 0 Å². The molecule has 1 aliphatic rings. The SMILES string of the molecule is Cn1c(C(=O)NCCCOCCOCCCN)c(Br)c2c3c(c(-c4ccccc4Cl)cc21)C(=O)NC3=O. The minimum absolute atomic E-state index is 0.223. The summed E-state index contributed by atoms with van der Waals surface area (Å²) in [4.78, 5) is 38.7. The lowest BCUT2D eigenvalue weighted by Gasteiger charge is -2.11. The molecule has 11 heteroatoms. The van der Waals surface area contributed by atoms with Gasteiger partial charge in [0.15, 0.2) is 0 Å². The molecule has 4 rings (SSSR count). The maximum atomic E-state index is 13.1. The Bertz CT molecular complexity index is 1360. The molecule has 1 aliphatic heterocycles. The lowest BCUT2D eigenvalue weighted by atomic mass is 9.94. The Morgan fingerprint density at radius 2 is 1.73 bits per heavy atom. The smallest absolute Gasteiger partial charge is 0.269 e. The van der Waals surface area contributed by atoms with Crippen molar-refractivity contribution in [2.45, 2.75) is 12.8 Å². The van der Waals surface area contributed by atoms with E-state index in [9.17, 15) is 14.4 Å². The lowest BCUT2D eigenvalue weighted by molar-refractivity contribution is 0.0465. The summed E-state index contributed by atoms with van der Waals surface area (Å²) in [7, 11) is 1.74. The van der Waals surface area contributed by atoms with Crippen molar-refractivity contribution in [2.24, 2.45) is 12.8 Å². The number of benzene rings is 2. The zero-order valence-corrected chi connectivity index (χ0v) is 22.7. The van der Waals surface area contributed by atoms with Crippen molar-refractivity contribution in [3.05, 3.63) is 56.6 Å². The van der Waals surface area contributed by atoms with Crippen LogP contribution >= 0.6 is 27.5 Å². The molecule has 0 saturated carbocycles. The summed E-state index contributed by atoms with van der Waals surface area (Å²) in [6.07, 6.45) is 1.44. The minimum Gasteiger partial charge on any atom is -0.379 e. The summed E-state index contributed by atoms with van der Waals surface area (Å²) >= 11 is 9.96. The third kappa shape index (κ3) is 5.58. The van der Waals surface area contributed by atoms with Crippen LogP contribution in [0.1, 0.15) is 44.0 Å². The molecule has 0 aliphatic carbocycles. The zero-order chi connectivity index (χ0) is 26.5. The van der Waals surface area contributed by atoms with Crippen LogP contribution in [0, 0.1) is 0 Å². The minimum atomic E-state index is -0.513. The monoisotopic (exact) mass is 590 g/mol. The number of hydrogen-bond donors (Lipinski definition) is 3. The average Bonchev–Trinajstić information content (AvgIpc) is 3.31. The normalized spacial score (nSPS) is 12.8. The molecule has 3 aromatic rings. The van der Waals surface area contributed by atoms with E-state index in [2.05, 4.69) is 26.6 Å². The Hall–Kier alpha value is -2.76. The zero-order valence-electron chi connectivity index (χ0n) is 20.4. The van der Waals surface area contributed by atoms with Crippen molar-refractivity contribution < 1.29 is 23.9 Å². The summed E-state index contributed by atoms with van der Waals surface area (Å²) in [5.74, 6) is -1.32. The van der Waals surface area contributed by atoms with Gasteiger partial charge in [0.2, 0.25) is 0 Å². The molecule has 1 aromatic heterocycles. The summed E-state index contributed by atoms with van der Waals surface area (Å²) in [5.41, 5.74) is 8.00. The number of nitrogens with zero attached hydrogens (tertiary/aromatic N) is 1. The molecular weight excluding hydrogens is 564 g/mol. The first kappa shape index (κ1) is 27.3. The van der Waals surface area contributed by atoms with E-state index in [0.29, 0.717) is 83.2 Å². The van der Waals surface area contributed by atoms with Crippen LogP contribution in [-0.2, 0) is 16.5 Å². The Labute approximate surface area is 227 Å². The van der Waals surface area contributed by atoms with Crippen molar-refractivity contribution in [3.63, 3.8) is 0 Å². The molecule has 0 unspecified atom stereocenters. The van der Waals surface area contributed by atoms with Crippen LogP contribution < -0.4 is 16.4 Å². The molecule has 3 amide bonds. The highest BCUT2D eigenvalue weighted by molar-refractivity contribution is 9.10. The molecule has 0 atom stereocenters. The molecule has 0 fully saturated rings. The van der Waals surface area contributed by atoms with Crippen LogP contribution in [-0.4, -0.2) is 61.8 Å². The number of fused-ring (bicyclic) bond motifs is 3. The number of carbonyl (C=O) groups is 3. The number of hydrogen-bond acceptors (Lipinski definition) is 6. The maximum Gasteiger partial charge on any atom is 0.269 e. The molecule has 0 bridgehead atoms. The first-order chi connectivity index (χ1) is 17.9. The van der Waals surface area contributed by atoms with Gasteiger partial charge in [0.05, 0.1) is 34.3 Å². The van der Waals surface area contributed by atoms with E-state index in [1.54, 1.807) is 35.9 Å². The standard InChI is InChI=1S/C26H28BrClN4O5/c1-32-18-14-16(15-6-2-3-7-17(15)28)19-21(25(34)31-24(19)33)20(18)22(27)23(32)26(35)30-9-5-11-37-13-12-36-10-4-8-29/h2-3,6-7,14H,4-5,8-13,29H2,1H3,(H,30,35)(H,31,33,34). The van der Waals surface area contributed by atoms with E-state index in [1.807, 2.05) is 6.07 Å². The van der Waals surface area contributed by atoms with Gasteiger partial charge in [-0.25, -0.2) is 0 Å². The highest BCUT2D eigenvalue weighted by atomic mass is 79.9. The molecular formula is C26H28BrClN4O5. The number of carbonyl (C=O) groups excluding carboxylic acids is 3. The number of amides is 3. The van der Waals surface area contributed by atoms with Gasteiger partial charge in [-0.3, -0.25) is 19.7 Å². The van der Waals surface area contributed by atoms with Gasteiger partial charge in [-0.05, 0) is 53.0 Å². The van der Waals surface area contributed by atoms with Crippen LogP contribution in [0.2, 0.25) is 5.02 Å². The van der Waals surface area contributed by atoms with Crippen LogP contribution in [0.15, 0.2) is 34.8 Å². The first-order valence-corrected chi connectivity index (χ1v) is 13.1. The third-order valence-corrected chi connectivity index (χ3v) is 7.21. The summed E-state index contributed by atoms with van der Waals surface area (Å²) in [6.45, 7) is 3.09. The Balaban J connectivity index is 1.54. The van der Waals surface area contributed by atoms with Crippen molar-refractivity contribution in [3.8, 4) is 11.1 Å². The summed E-state index contributed by atoms with van der Waals surface area (Å²) in [5, 5.41) is 6.23. The number of imide groups is 1. The fourth-order valence-electron chi connectivity index (χ4n) is 4.34. The van der Waals surface area contributed by atoms with E-state index < -0.39 is 11.8 Å². The average molecular weight is 592 g/mol. The molecule has 37 heavy (non-hydrogen) atoms. The van der Waals surface area contributed by atoms with Gasteiger partial charge in [0.1, 0.15) is 5.69 Å². The predicted molar refractivity (Wildman–Crippen MR) is 145 cm³/mol. The predicted octanol–water partition coefficient (Wildman–Crippen LogP) is 3.65. The number of nitrogens with two attached hydrogens (primary N) is 1. The molecule has 2 heterocycles. The largest absolute Gasteiger partial charge is 0.379 e. The van der Waals surface area contributed by atoms with Crippen molar-refractivity contribution >= 4 is 56.2 Å². The Morgan fingerprint density at radius 1 is 1.05 bits per heavy atom. The van der Waals surface area contributed by atoms with Gasteiger partial charge in [0, 0.05) is 42.8 Å². The van der Waals surface area contributed by atoms with Gasteiger partial charge in [-0.15, -0.1) is 0 Å². The number of halogens is 2.